The molecule has 2 N–H and O–H groups in total. The van der Waals surface area contributed by atoms with E-state index in [1.54, 1.807) is 41.1 Å². The number of hydrogen-bond donors (Lipinski definition) is 1. The zero-order valence-corrected chi connectivity index (χ0v) is 22.9. The van der Waals surface area contributed by atoms with Crippen molar-refractivity contribution in [2.45, 2.75) is 13.0 Å². The largest absolute Gasteiger partial charge is 0.458 e. The Hall–Kier alpha value is -5.83. The van der Waals surface area contributed by atoms with Crippen LogP contribution >= 0.6 is 0 Å². The monoisotopic (exact) mass is 569 g/mol. The Kier molecular flexibility index (Phi) is 6.39. The molecule has 210 valence electrons. The minimum absolute atomic E-state index is 0.250. The molecule has 0 spiro atoms. The van der Waals surface area contributed by atoms with Gasteiger partial charge in [0.05, 0.1) is 16.3 Å². The molecule has 0 aliphatic rings. The minimum atomic E-state index is -0.637. The van der Waals surface area contributed by atoms with E-state index in [0.29, 0.717) is 44.8 Å². The molecule has 0 radical (unpaired) electrons. The van der Waals surface area contributed by atoms with Gasteiger partial charge in [0.15, 0.2) is 5.65 Å². The lowest BCUT2D eigenvalue weighted by molar-refractivity contribution is 0.446. The molecule has 0 aliphatic heterocycles. The van der Waals surface area contributed by atoms with Crippen LogP contribution in [0.1, 0.15) is 18.7 Å². The summed E-state index contributed by atoms with van der Waals surface area (Å²) in [6.45, 7) is 1.85. The second kappa shape index (κ2) is 10.5. The van der Waals surface area contributed by atoms with Gasteiger partial charge in [-0.2, -0.15) is 5.10 Å². The van der Waals surface area contributed by atoms with E-state index in [1.165, 1.54) is 18.5 Å². The van der Waals surface area contributed by atoms with Gasteiger partial charge in [-0.15, -0.1) is 0 Å². The molecule has 0 fully saturated rings. The fourth-order valence-corrected chi connectivity index (χ4v) is 5.25. The maximum atomic E-state index is 14.4. The van der Waals surface area contributed by atoms with E-state index in [2.05, 4.69) is 9.97 Å². The van der Waals surface area contributed by atoms with Gasteiger partial charge in [-0.3, -0.25) is 4.79 Å². The molecular formula is C34H24FN5O3. The normalized spacial score (nSPS) is 12.0. The van der Waals surface area contributed by atoms with Gasteiger partial charge in [0.2, 0.25) is 5.43 Å². The molecule has 3 heterocycles. The van der Waals surface area contributed by atoms with Gasteiger partial charge in [0.25, 0.3) is 0 Å². The number of fused-ring (bicyclic) bond motifs is 2. The van der Waals surface area contributed by atoms with Gasteiger partial charge in [-0.1, -0.05) is 42.5 Å². The summed E-state index contributed by atoms with van der Waals surface area (Å²) in [5, 5.41) is 5.88. The van der Waals surface area contributed by atoms with Gasteiger partial charge in [0.1, 0.15) is 52.5 Å². The van der Waals surface area contributed by atoms with Crippen LogP contribution in [-0.2, 0) is 0 Å². The van der Waals surface area contributed by atoms with E-state index in [4.69, 9.17) is 20.0 Å². The highest BCUT2D eigenvalue weighted by atomic mass is 19.1. The number of aromatic nitrogens is 4. The standard InChI is InChI=1S/C34H24FN5O3/c1-20(32-28(22-8-7-9-23(35)18-22)31(41)26-12-5-6-13-27(26)43-32)40-34-29(33(36)37-19-38-34)30(39-40)21-14-16-25(17-15-21)42-24-10-3-2-4-11-24/h2-20H,1H3,(H2,36,37,38). The molecule has 43 heavy (non-hydrogen) atoms. The van der Waals surface area contributed by atoms with Gasteiger partial charge in [-0.05, 0) is 73.2 Å². The molecule has 0 bridgehead atoms. The molecule has 1 atom stereocenters. The third-order valence-electron chi connectivity index (χ3n) is 7.31. The quantitative estimate of drug-likeness (QED) is 0.222. The Morgan fingerprint density at radius 3 is 2.40 bits per heavy atom. The van der Waals surface area contributed by atoms with Crippen molar-refractivity contribution in [3.63, 3.8) is 0 Å². The second-order valence-electron chi connectivity index (χ2n) is 10.0. The van der Waals surface area contributed by atoms with Gasteiger partial charge in [0, 0.05) is 5.56 Å². The summed E-state index contributed by atoms with van der Waals surface area (Å²) in [7, 11) is 0. The highest BCUT2D eigenvalue weighted by Gasteiger charge is 2.27. The maximum Gasteiger partial charge on any atom is 0.200 e. The first-order chi connectivity index (χ1) is 21.0. The lowest BCUT2D eigenvalue weighted by atomic mass is 9.99. The van der Waals surface area contributed by atoms with Gasteiger partial charge >= 0.3 is 0 Å². The Morgan fingerprint density at radius 1 is 0.860 bits per heavy atom. The molecule has 0 saturated carbocycles. The Balaban J connectivity index is 1.38. The van der Waals surface area contributed by atoms with Gasteiger partial charge in [-0.25, -0.2) is 19.0 Å². The maximum absolute atomic E-state index is 14.4. The summed E-state index contributed by atoms with van der Waals surface area (Å²) in [6.07, 6.45) is 1.37. The lowest BCUT2D eigenvalue weighted by Gasteiger charge is -2.17. The smallest absolute Gasteiger partial charge is 0.200 e. The first-order valence-electron chi connectivity index (χ1n) is 13.6. The highest BCUT2D eigenvalue weighted by Crippen LogP contribution is 2.37. The molecule has 7 rings (SSSR count). The summed E-state index contributed by atoms with van der Waals surface area (Å²) in [4.78, 5) is 22.6. The number of ether oxygens (including phenoxy) is 1. The number of halogens is 1. The zero-order chi connectivity index (χ0) is 29.5. The molecule has 0 saturated heterocycles. The number of benzene rings is 4. The molecular weight excluding hydrogens is 545 g/mol. The van der Waals surface area contributed by atoms with E-state index >= 15 is 0 Å². The van der Waals surface area contributed by atoms with E-state index in [0.717, 1.165) is 11.3 Å². The van der Waals surface area contributed by atoms with E-state index in [9.17, 15) is 9.18 Å². The summed E-state index contributed by atoms with van der Waals surface area (Å²) in [6, 6.07) is 29.2. The Bertz CT molecular complexity index is 2180. The summed E-state index contributed by atoms with van der Waals surface area (Å²) in [5.41, 5.74) is 8.95. The second-order valence-corrected chi connectivity index (χ2v) is 10.0. The van der Waals surface area contributed by atoms with Crippen molar-refractivity contribution in [3.8, 4) is 33.9 Å². The van der Waals surface area contributed by atoms with Crippen molar-refractivity contribution < 1.29 is 13.5 Å². The minimum Gasteiger partial charge on any atom is -0.458 e. The fourth-order valence-electron chi connectivity index (χ4n) is 5.25. The number of nitrogens with two attached hydrogens (primary N) is 1. The average Bonchev–Trinajstić information content (AvgIpc) is 3.42. The van der Waals surface area contributed by atoms with Crippen molar-refractivity contribution in [2.24, 2.45) is 0 Å². The van der Waals surface area contributed by atoms with Crippen molar-refractivity contribution in [1.29, 1.82) is 0 Å². The predicted molar refractivity (Wildman–Crippen MR) is 163 cm³/mol. The summed E-state index contributed by atoms with van der Waals surface area (Å²) < 4.78 is 28.3. The molecule has 3 aromatic heterocycles. The third-order valence-corrected chi connectivity index (χ3v) is 7.31. The SMILES string of the molecule is CC(c1oc2ccccc2c(=O)c1-c1cccc(F)c1)n1nc(-c2ccc(Oc3ccccc3)cc2)c2c(N)ncnc21. The number of rotatable bonds is 6. The predicted octanol–water partition coefficient (Wildman–Crippen LogP) is 7.39. The average molecular weight is 570 g/mol. The van der Waals surface area contributed by atoms with E-state index < -0.39 is 11.9 Å². The van der Waals surface area contributed by atoms with Crippen LogP contribution in [0.3, 0.4) is 0 Å². The lowest BCUT2D eigenvalue weighted by Crippen LogP contribution is -2.16. The topological polar surface area (TPSA) is 109 Å². The first-order valence-corrected chi connectivity index (χ1v) is 13.6. The Labute approximate surface area is 244 Å². The molecule has 8 nitrogen and oxygen atoms in total. The molecule has 9 heteroatoms. The van der Waals surface area contributed by atoms with Crippen LogP contribution in [0.2, 0.25) is 0 Å². The molecule has 0 aliphatic carbocycles. The molecule has 1 unspecified atom stereocenters. The molecule has 0 amide bonds. The summed E-state index contributed by atoms with van der Waals surface area (Å²) in [5.74, 6) is 1.49. The highest BCUT2D eigenvalue weighted by molar-refractivity contribution is 5.98. The van der Waals surface area contributed by atoms with Gasteiger partial charge < -0.3 is 14.9 Å². The van der Waals surface area contributed by atoms with E-state index in [1.807, 2.05) is 61.5 Å². The number of hydrogen-bond acceptors (Lipinski definition) is 7. The van der Waals surface area contributed by atoms with Crippen LogP contribution in [0.5, 0.6) is 11.5 Å². The molecule has 4 aromatic carbocycles. The van der Waals surface area contributed by atoms with Crippen LogP contribution in [0, 0.1) is 5.82 Å². The van der Waals surface area contributed by atoms with Crippen LogP contribution in [0.15, 0.2) is 119 Å². The fraction of sp³-hybridized carbons (Fsp3) is 0.0588. The first kappa shape index (κ1) is 26.1. The number of nitrogen functional groups attached to an aromatic ring is 1. The van der Waals surface area contributed by atoms with Crippen molar-refractivity contribution in [1.82, 2.24) is 19.7 Å². The number of nitrogens with zero attached hydrogens (tertiary/aromatic N) is 4. The van der Waals surface area contributed by atoms with Crippen LogP contribution in [0.4, 0.5) is 10.2 Å². The molecule has 7 aromatic rings. The van der Waals surface area contributed by atoms with Crippen molar-refractivity contribution in [3.05, 3.63) is 131 Å². The number of anilines is 1. The van der Waals surface area contributed by atoms with Crippen molar-refractivity contribution in [2.75, 3.05) is 5.73 Å². The van der Waals surface area contributed by atoms with Crippen LogP contribution in [0.25, 0.3) is 44.4 Å². The third kappa shape index (κ3) is 4.66. The Morgan fingerprint density at radius 2 is 1.60 bits per heavy atom. The van der Waals surface area contributed by atoms with Crippen molar-refractivity contribution >= 4 is 27.8 Å². The number of para-hydroxylation sites is 2. The van der Waals surface area contributed by atoms with Crippen LogP contribution < -0.4 is 15.9 Å². The van der Waals surface area contributed by atoms with Crippen LogP contribution in [-0.4, -0.2) is 19.7 Å². The summed E-state index contributed by atoms with van der Waals surface area (Å²) >= 11 is 0. The van der Waals surface area contributed by atoms with E-state index in [-0.39, 0.29) is 16.8 Å². The zero-order valence-electron chi connectivity index (χ0n) is 22.9.